The van der Waals surface area contributed by atoms with E-state index in [4.69, 9.17) is 11.6 Å². The van der Waals surface area contributed by atoms with Crippen molar-refractivity contribution >= 4 is 55.5 Å². The first-order chi connectivity index (χ1) is 15.9. The SMILES string of the molecule is CC.CN(C)Cc1ccc(Nc2nc3ncc(C#N)c(Nc4ccc(F)c(Cl)c4)c3s2)cc1. The number of nitrogens with zero attached hydrogens (tertiary/aromatic N) is 4. The number of hydrogen-bond donors (Lipinski definition) is 2. The Morgan fingerprint density at radius 1 is 1.09 bits per heavy atom. The van der Waals surface area contributed by atoms with Gasteiger partial charge in [-0.15, -0.1) is 0 Å². The van der Waals surface area contributed by atoms with Crippen molar-refractivity contribution in [2.24, 2.45) is 0 Å². The molecule has 4 aromatic rings. The molecule has 0 unspecified atom stereocenters. The minimum Gasteiger partial charge on any atom is -0.353 e. The van der Waals surface area contributed by atoms with E-state index in [1.807, 2.05) is 40.1 Å². The summed E-state index contributed by atoms with van der Waals surface area (Å²) in [6.07, 6.45) is 1.47. The van der Waals surface area contributed by atoms with Crippen molar-refractivity contribution in [3.8, 4) is 6.07 Å². The fourth-order valence-electron chi connectivity index (χ4n) is 3.04. The van der Waals surface area contributed by atoms with E-state index in [2.05, 4.69) is 43.7 Å². The van der Waals surface area contributed by atoms with Gasteiger partial charge in [0.25, 0.3) is 0 Å². The highest BCUT2D eigenvalue weighted by atomic mass is 35.5. The van der Waals surface area contributed by atoms with Crippen molar-refractivity contribution < 1.29 is 4.39 Å². The molecule has 0 saturated carbocycles. The van der Waals surface area contributed by atoms with Crippen molar-refractivity contribution in [1.82, 2.24) is 14.9 Å². The second kappa shape index (κ2) is 11.1. The second-order valence-electron chi connectivity index (χ2n) is 7.14. The summed E-state index contributed by atoms with van der Waals surface area (Å²) in [5.41, 5.74) is 4.10. The summed E-state index contributed by atoms with van der Waals surface area (Å²) in [5.74, 6) is -0.506. The largest absolute Gasteiger partial charge is 0.353 e. The number of halogens is 2. The van der Waals surface area contributed by atoms with Crippen molar-refractivity contribution in [1.29, 1.82) is 5.26 Å². The minimum absolute atomic E-state index is 0.00168. The first-order valence-corrected chi connectivity index (χ1v) is 11.5. The number of thiazole rings is 1. The molecule has 0 radical (unpaired) electrons. The summed E-state index contributed by atoms with van der Waals surface area (Å²) in [4.78, 5) is 10.9. The summed E-state index contributed by atoms with van der Waals surface area (Å²) in [6, 6.07) is 14.6. The Hall–Kier alpha value is -3.25. The highest BCUT2D eigenvalue weighted by Crippen LogP contribution is 2.36. The van der Waals surface area contributed by atoms with E-state index >= 15 is 0 Å². The molecule has 0 amide bonds. The fourth-order valence-corrected chi connectivity index (χ4v) is 4.17. The van der Waals surface area contributed by atoms with Crippen LogP contribution in [0.5, 0.6) is 0 Å². The number of nitrogens with one attached hydrogen (secondary N) is 2. The lowest BCUT2D eigenvalue weighted by atomic mass is 10.2. The molecular formula is C24H24ClFN6S. The molecule has 2 aromatic carbocycles. The lowest BCUT2D eigenvalue weighted by Gasteiger charge is -2.10. The van der Waals surface area contributed by atoms with Gasteiger partial charge >= 0.3 is 0 Å². The van der Waals surface area contributed by atoms with Crippen LogP contribution in [0.15, 0.2) is 48.7 Å². The van der Waals surface area contributed by atoms with Crippen LogP contribution in [-0.4, -0.2) is 29.0 Å². The van der Waals surface area contributed by atoms with Crippen LogP contribution in [-0.2, 0) is 6.54 Å². The third kappa shape index (κ3) is 5.96. The molecule has 0 fully saturated rings. The topological polar surface area (TPSA) is 76.9 Å². The third-order valence-electron chi connectivity index (χ3n) is 4.44. The minimum atomic E-state index is -0.506. The summed E-state index contributed by atoms with van der Waals surface area (Å²) >= 11 is 7.27. The zero-order chi connectivity index (χ0) is 24.0. The van der Waals surface area contributed by atoms with E-state index in [9.17, 15) is 9.65 Å². The van der Waals surface area contributed by atoms with E-state index < -0.39 is 5.82 Å². The van der Waals surface area contributed by atoms with Gasteiger partial charge in [-0.2, -0.15) is 10.2 Å². The maximum Gasteiger partial charge on any atom is 0.189 e. The molecule has 9 heteroatoms. The Labute approximate surface area is 201 Å². The van der Waals surface area contributed by atoms with Gasteiger partial charge in [-0.25, -0.2) is 9.37 Å². The smallest absolute Gasteiger partial charge is 0.189 e. The van der Waals surface area contributed by atoms with Gasteiger partial charge in [-0.3, -0.25) is 0 Å². The Morgan fingerprint density at radius 3 is 2.42 bits per heavy atom. The van der Waals surface area contributed by atoms with Gasteiger partial charge in [-0.05, 0) is 50.0 Å². The van der Waals surface area contributed by atoms with Crippen molar-refractivity contribution in [3.63, 3.8) is 0 Å². The molecular weight excluding hydrogens is 459 g/mol. The van der Waals surface area contributed by atoms with Gasteiger partial charge in [0.2, 0.25) is 0 Å². The Kier molecular flexibility index (Phi) is 8.17. The Balaban J connectivity index is 0.00000149. The van der Waals surface area contributed by atoms with Crippen molar-refractivity contribution in [2.75, 3.05) is 24.7 Å². The number of anilines is 4. The average molecular weight is 483 g/mol. The zero-order valence-corrected chi connectivity index (χ0v) is 20.4. The quantitative estimate of drug-likeness (QED) is 0.310. The summed E-state index contributed by atoms with van der Waals surface area (Å²) in [7, 11) is 4.06. The first kappa shape index (κ1) is 24.4. The highest BCUT2D eigenvalue weighted by molar-refractivity contribution is 7.22. The molecule has 4 rings (SSSR count). The lowest BCUT2D eigenvalue weighted by Crippen LogP contribution is -2.10. The predicted molar refractivity (Wildman–Crippen MR) is 135 cm³/mol. The molecule has 170 valence electrons. The standard InChI is InChI=1S/C22H18ClFN6S.C2H6/c1-30(2)12-13-3-5-15(6-4-13)28-22-29-21-20(31-22)19(14(10-25)11-26-21)27-16-7-8-18(24)17(23)9-16;1-2/h3-9,11H,12H2,1-2H3,(H2,26,27,28,29);1-2H3. The molecule has 0 atom stereocenters. The molecule has 0 saturated heterocycles. The third-order valence-corrected chi connectivity index (χ3v) is 5.70. The Morgan fingerprint density at radius 2 is 1.79 bits per heavy atom. The average Bonchev–Trinajstić information content (AvgIpc) is 3.22. The predicted octanol–water partition coefficient (Wildman–Crippen LogP) is 6.93. The molecule has 6 nitrogen and oxygen atoms in total. The van der Waals surface area contributed by atoms with E-state index in [1.165, 1.54) is 35.2 Å². The molecule has 0 bridgehead atoms. The maximum absolute atomic E-state index is 13.5. The summed E-state index contributed by atoms with van der Waals surface area (Å²) in [5, 5.41) is 16.6. The van der Waals surface area contributed by atoms with Gasteiger partial charge in [0, 0.05) is 24.1 Å². The Bertz CT molecular complexity index is 1280. The van der Waals surface area contributed by atoms with Crippen LogP contribution >= 0.6 is 22.9 Å². The number of hydrogen-bond acceptors (Lipinski definition) is 7. The number of nitriles is 1. The van der Waals surface area contributed by atoms with E-state index in [0.29, 0.717) is 32.4 Å². The van der Waals surface area contributed by atoms with Crippen LogP contribution in [0.3, 0.4) is 0 Å². The summed E-state index contributed by atoms with van der Waals surface area (Å²) < 4.78 is 14.2. The van der Waals surface area contributed by atoms with Crippen LogP contribution in [0.1, 0.15) is 25.0 Å². The molecule has 33 heavy (non-hydrogen) atoms. The second-order valence-corrected chi connectivity index (χ2v) is 8.55. The van der Waals surface area contributed by atoms with Gasteiger partial charge < -0.3 is 15.5 Å². The molecule has 0 aliphatic heterocycles. The van der Waals surface area contributed by atoms with Crippen LogP contribution in [0, 0.1) is 17.1 Å². The van der Waals surface area contributed by atoms with E-state index in [1.54, 1.807) is 6.07 Å². The molecule has 2 aromatic heterocycles. The first-order valence-electron chi connectivity index (χ1n) is 10.4. The van der Waals surface area contributed by atoms with Gasteiger partial charge in [0.15, 0.2) is 10.8 Å². The van der Waals surface area contributed by atoms with E-state index in [-0.39, 0.29) is 5.02 Å². The normalized spacial score (nSPS) is 10.5. The number of rotatable bonds is 6. The maximum atomic E-state index is 13.5. The van der Waals surface area contributed by atoms with Crippen molar-refractivity contribution in [2.45, 2.75) is 20.4 Å². The lowest BCUT2D eigenvalue weighted by molar-refractivity contribution is 0.402. The van der Waals surface area contributed by atoms with Gasteiger partial charge in [0.05, 0.1) is 16.3 Å². The fraction of sp³-hybridized carbons (Fsp3) is 0.208. The monoisotopic (exact) mass is 482 g/mol. The molecule has 0 aliphatic carbocycles. The number of benzene rings is 2. The molecule has 2 N–H and O–H groups in total. The number of pyridine rings is 1. The van der Waals surface area contributed by atoms with Gasteiger partial charge in [-0.1, -0.05) is 48.9 Å². The number of aromatic nitrogens is 2. The summed E-state index contributed by atoms with van der Waals surface area (Å²) in [6.45, 7) is 4.87. The molecule has 0 spiro atoms. The van der Waals surface area contributed by atoms with E-state index in [0.717, 1.165) is 12.2 Å². The molecule has 2 heterocycles. The zero-order valence-electron chi connectivity index (χ0n) is 18.8. The highest BCUT2D eigenvalue weighted by Gasteiger charge is 2.15. The van der Waals surface area contributed by atoms with Crippen LogP contribution in [0.25, 0.3) is 10.3 Å². The van der Waals surface area contributed by atoms with Crippen LogP contribution < -0.4 is 10.6 Å². The van der Waals surface area contributed by atoms with Crippen molar-refractivity contribution in [3.05, 3.63) is 70.6 Å². The van der Waals surface area contributed by atoms with Gasteiger partial charge in [0.1, 0.15) is 16.6 Å². The number of fused-ring (bicyclic) bond motifs is 1. The van der Waals surface area contributed by atoms with Crippen LogP contribution in [0.2, 0.25) is 5.02 Å². The van der Waals surface area contributed by atoms with Crippen LogP contribution in [0.4, 0.5) is 26.6 Å². The molecule has 0 aliphatic rings.